The van der Waals surface area contributed by atoms with E-state index in [1.54, 1.807) is 47.5 Å². The van der Waals surface area contributed by atoms with Crippen molar-refractivity contribution in [1.82, 2.24) is 19.6 Å². The fourth-order valence-electron chi connectivity index (χ4n) is 3.12. The lowest BCUT2D eigenvalue weighted by molar-refractivity contribution is -0.136. The van der Waals surface area contributed by atoms with Gasteiger partial charge in [0.1, 0.15) is 6.04 Å². The number of piperazine rings is 1. The molecule has 1 N–H and O–H groups in total. The van der Waals surface area contributed by atoms with Gasteiger partial charge in [0.05, 0.1) is 22.9 Å². The molecule has 30 heavy (non-hydrogen) atoms. The molecule has 1 aliphatic heterocycles. The van der Waals surface area contributed by atoms with Crippen molar-refractivity contribution in [2.24, 2.45) is 0 Å². The molecule has 2 aromatic rings. The van der Waals surface area contributed by atoms with E-state index in [2.05, 4.69) is 26.3 Å². The van der Waals surface area contributed by atoms with Crippen LogP contribution in [0.15, 0.2) is 22.1 Å². The average molecular weight is 498 g/mol. The fourth-order valence-corrected chi connectivity index (χ4v) is 4.44. The minimum absolute atomic E-state index is 0.0823. The monoisotopic (exact) mass is 497 g/mol. The number of rotatable bonds is 5. The summed E-state index contributed by atoms with van der Waals surface area (Å²) in [7, 11) is 0. The molecule has 2 aromatic heterocycles. The van der Waals surface area contributed by atoms with Crippen LogP contribution in [0, 0.1) is 6.92 Å². The Morgan fingerprint density at radius 2 is 1.93 bits per heavy atom. The van der Waals surface area contributed by atoms with Gasteiger partial charge in [-0.3, -0.25) is 14.3 Å². The summed E-state index contributed by atoms with van der Waals surface area (Å²) in [6, 6.07) is 1.22. The molecular formula is C19H24BrN5O4S. The lowest BCUT2D eigenvalue weighted by atomic mass is 10.2. The minimum atomic E-state index is -0.528. The molecule has 3 heterocycles. The Morgan fingerprint density at radius 3 is 2.53 bits per heavy atom. The van der Waals surface area contributed by atoms with Crippen molar-refractivity contribution in [2.75, 3.05) is 38.1 Å². The molecule has 0 bridgehead atoms. The largest absolute Gasteiger partial charge is 0.450 e. The molecule has 11 heteroatoms. The number of anilines is 1. The maximum absolute atomic E-state index is 12.9. The van der Waals surface area contributed by atoms with Gasteiger partial charge in [-0.05, 0) is 42.8 Å². The summed E-state index contributed by atoms with van der Waals surface area (Å²) < 4.78 is 7.43. The fraction of sp³-hybridized carbons (Fsp3) is 0.474. The van der Waals surface area contributed by atoms with E-state index in [0.29, 0.717) is 49.0 Å². The molecule has 0 aliphatic carbocycles. The van der Waals surface area contributed by atoms with E-state index in [1.165, 1.54) is 11.3 Å². The molecule has 1 atom stereocenters. The van der Waals surface area contributed by atoms with Crippen LogP contribution in [-0.4, -0.2) is 70.3 Å². The summed E-state index contributed by atoms with van der Waals surface area (Å²) in [5.41, 5.74) is 1.20. The van der Waals surface area contributed by atoms with Crippen molar-refractivity contribution in [3.63, 3.8) is 0 Å². The molecule has 0 spiro atoms. The van der Waals surface area contributed by atoms with Crippen LogP contribution in [0.1, 0.15) is 35.3 Å². The molecule has 3 rings (SSSR count). The van der Waals surface area contributed by atoms with E-state index < -0.39 is 6.04 Å². The van der Waals surface area contributed by atoms with Crippen LogP contribution in [0.5, 0.6) is 0 Å². The van der Waals surface area contributed by atoms with E-state index in [-0.39, 0.29) is 17.9 Å². The average Bonchev–Trinajstić information content (AvgIpc) is 3.33. The quantitative estimate of drug-likeness (QED) is 0.684. The molecule has 9 nitrogen and oxygen atoms in total. The molecule has 3 amide bonds. The number of hydrogen-bond acceptors (Lipinski definition) is 6. The van der Waals surface area contributed by atoms with Gasteiger partial charge in [0.2, 0.25) is 5.91 Å². The summed E-state index contributed by atoms with van der Waals surface area (Å²) in [5, 5.41) is 9.10. The highest BCUT2D eigenvalue weighted by molar-refractivity contribution is 9.10. The van der Waals surface area contributed by atoms with Crippen LogP contribution in [0.25, 0.3) is 0 Å². The molecule has 1 aliphatic rings. The first-order valence-corrected chi connectivity index (χ1v) is 11.3. The van der Waals surface area contributed by atoms with Gasteiger partial charge >= 0.3 is 6.09 Å². The van der Waals surface area contributed by atoms with E-state index in [1.807, 2.05) is 5.38 Å². The van der Waals surface area contributed by atoms with Gasteiger partial charge in [-0.15, -0.1) is 11.3 Å². The number of amides is 3. The zero-order chi connectivity index (χ0) is 21.8. The number of nitrogens with one attached hydrogen (secondary N) is 1. The first kappa shape index (κ1) is 22.3. The molecule has 0 radical (unpaired) electrons. The molecular weight excluding hydrogens is 474 g/mol. The normalized spacial score (nSPS) is 15.1. The summed E-state index contributed by atoms with van der Waals surface area (Å²) in [5.74, 6) is -0.302. The number of carbonyl (C=O) groups excluding carboxylic acids is 3. The maximum atomic E-state index is 12.9. The number of thiophene rings is 1. The highest BCUT2D eigenvalue weighted by Gasteiger charge is 2.29. The number of aryl methyl sites for hydroxylation is 1. The highest BCUT2D eigenvalue weighted by Crippen LogP contribution is 2.23. The Bertz CT molecular complexity index is 935. The Labute approximate surface area is 187 Å². The number of carbonyl (C=O) groups is 3. The van der Waals surface area contributed by atoms with Crippen LogP contribution in [0.2, 0.25) is 0 Å². The lowest BCUT2D eigenvalue weighted by Crippen LogP contribution is -2.52. The molecule has 1 saturated heterocycles. The van der Waals surface area contributed by atoms with Crippen molar-refractivity contribution in [2.45, 2.75) is 26.8 Å². The third-order valence-corrected chi connectivity index (χ3v) is 6.52. The van der Waals surface area contributed by atoms with E-state index in [9.17, 15) is 14.4 Å². The third kappa shape index (κ3) is 5.01. The smallest absolute Gasteiger partial charge is 0.409 e. The van der Waals surface area contributed by atoms with Crippen LogP contribution >= 0.6 is 27.3 Å². The third-order valence-electron chi connectivity index (χ3n) is 4.83. The van der Waals surface area contributed by atoms with E-state index in [4.69, 9.17) is 4.74 Å². The van der Waals surface area contributed by atoms with Crippen molar-refractivity contribution < 1.29 is 19.1 Å². The zero-order valence-corrected chi connectivity index (χ0v) is 19.5. The summed E-state index contributed by atoms with van der Waals surface area (Å²) in [6.45, 7) is 7.41. The number of halogens is 1. The number of nitrogens with zero attached hydrogens (tertiary/aromatic N) is 4. The molecule has 1 fully saturated rings. The molecule has 0 aromatic carbocycles. The van der Waals surface area contributed by atoms with Crippen LogP contribution in [0.4, 0.5) is 10.5 Å². The molecule has 0 saturated carbocycles. The van der Waals surface area contributed by atoms with Crippen LogP contribution in [-0.2, 0) is 9.53 Å². The lowest BCUT2D eigenvalue weighted by Gasteiger charge is -2.35. The number of aromatic nitrogens is 2. The van der Waals surface area contributed by atoms with Crippen molar-refractivity contribution in [3.8, 4) is 0 Å². The van der Waals surface area contributed by atoms with Crippen molar-refractivity contribution in [1.29, 1.82) is 0 Å². The van der Waals surface area contributed by atoms with Crippen LogP contribution < -0.4 is 5.32 Å². The zero-order valence-electron chi connectivity index (χ0n) is 17.1. The second kappa shape index (κ2) is 9.61. The Morgan fingerprint density at radius 1 is 1.27 bits per heavy atom. The van der Waals surface area contributed by atoms with Gasteiger partial charge in [-0.2, -0.15) is 5.10 Å². The number of hydrogen-bond donors (Lipinski definition) is 1. The van der Waals surface area contributed by atoms with Crippen molar-refractivity contribution >= 4 is 50.9 Å². The Kier molecular flexibility index (Phi) is 7.14. The standard InChI is InChI=1S/C19H24BrN5O4S/c1-4-29-19(28)24-7-5-23(6-8-24)18(27)13(3)25-10-15(12(2)22-25)21-17(26)16-9-14(20)11-30-16/h9-11,13H,4-8H2,1-3H3,(H,21,26)/t13-/m0/s1. The highest BCUT2D eigenvalue weighted by atomic mass is 79.9. The van der Waals surface area contributed by atoms with Gasteiger partial charge in [0.25, 0.3) is 5.91 Å². The predicted octanol–water partition coefficient (Wildman–Crippen LogP) is 3.13. The van der Waals surface area contributed by atoms with Gasteiger partial charge in [-0.1, -0.05) is 0 Å². The molecule has 0 unspecified atom stereocenters. The van der Waals surface area contributed by atoms with Gasteiger partial charge in [0.15, 0.2) is 0 Å². The Hall–Kier alpha value is -2.40. The maximum Gasteiger partial charge on any atom is 0.409 e. The molecule has 162 valence electrons. The summed E-state index contributed by atoms with van der Waals surface area (Å²) >= 11 is 4.68. The predicted molar refractivity (Wildman–Crippen MR) is 117 cm³/mol. The van der Waals surface area contributed by atoms with Gasteiger partial charge < -0.3 is 19.9 Å². The van der Waals surface area contributed by atoms with Gasteiger partial charge in [0, 0.05) is 42.2 Å². The minimum Gasteiger partial charge on any atom is -0.450 e. The topological polar surface area (TPSA) is 96.8 Å². The first-order valence-electron chi connectivity index (χ1n) is 9.61. The second-order valence-corrected chi connectivity index (χ2v) is 8.71. The van der Waals surface area contributed by atoms with Crippen molar-refractivity contribution in [3.05, 3.63) is 32.7 Å². The second-order valence-electron chi connectivity index (χ2n) is 6.88. The SMILES string of the molecule is CCOC(=O)N1CCN(C(=O)[C@H](C)n2cc(NC(=O)c3cc(Br)cs3)c(C)n2)CC1. The van der Waals surface area contributed by atoms with E-state index >= 15 is 0 Å². The number of ether oxygens (including phenoxy) is 1. The van der Waals surface area contributed by atoms with E-state index in [0.717, 1.165) is 4.47 Å². The van der Waals surface area contributed by atoms with Crippen LogP contribution in [0.3, 0.4) is 0 Å². The summed E-state index contributed by atoms with van der Waals surface area (Å²) in [6.07, 6.45) is 1.33. The Balaban J connectivity index is 1.61. The van der Waals surface area contributed by atoms with Gasteiger partial charge in [-0.25, -0.2) is 4.79 Å². The first-order chi connectivity index (χ1) is 14.3. The summed E-state index contributed by atoms with van der Waals surface area (Å²) in [4.78, 5) is 41.0.